The molecule has 100 valence electrons. The maximum Gasteiger partial charge on any atom is 0.297 e. The lowest BCUT2D eigenvalue weighted by Gasteiger charge is -2.11. The fourth-order valence-electron chi connectivity index (χ4n) is 1.47. The zero-order valence-corrected chi connectivity index (χ0v) is 10.8. The van der Waals surface area contributed by atoms with E-state index in [1.165, 1.54) is 24.3 Å². The second-order valence-corrected chi connectivity index (χ2v) is 4.48. The van der Waals surface area contributed by atoms with E-state index < -0.39 is 23.4 Å². The summed E-state index contributed by atoms with van der Waals surface area (Å²) < 4.78 is 37.6. The van der Waals surface area contributed by atoms with E-state index in [0.29, 0.717) is 11.1 Å². The van der Waals surface area contributed by atoms with E-state index in [1.54, 1.807) is 0 Å². The molecule has 1 atom stereocenters. The molecular weight excluding hydrogens is 300 g/mol. The smallest absolute Gasteiger partial charge is 0.235 e. The van der Waals surface area contributed by atoms with Gasteiger partial charge in [-0.3, -0.25) is 0 Å². The molecule has 2 nitrogen and oxygen atoms in total. The van der Waals surface area contributed by atoms with Crippen LogP contribution in [0.1, 0.15) is 28.8 Å². The van der Waals surface area contributed by atoms with Crippen LogP contribution in [0.3, 0.4) is 0 Å². The fraction of sp³-hybridized carbons (Fsp3) is 0.167. The SMILES string of the molecule is Fc1ccc(C(Cl)c2cnc(C(F)F)nc2Cl)cc1. The maximum atomic E-state index is 12.8. The number of halogens is 5. The Morgan fingerprint density at radius 3 is 2.26 bits per heavy atom. The molecule has 0 radical (unpaired) electrons. The predicted molar refractivity (Wildman–Crippen MR) is 66.1 cm³/mol. The van der Waals surface area contributed by atoms with Gasteiger partial charge in [-0.1, -0.05) is 23.7 Å². The minimum absolute atomic E-state index is 0.144. The van der Waals surface area contributed by atoms with Gasteiger partial charge in [0, 0.05) is 11.8 Å². The average Bonchev–Trinajstić information content (AvgIpc) is 2.38. The van der Waals surface area contributed by atoms with Gasteiger partial charge in [0.25, 0.3) is 6.43 Å². The summed E-state index contributed by atoms with van der Waals surface area (Å²) in [5.41, 5.74) is 0.859. The highest BCUT2D eigenvalue weighted by molar-refractivity contribution is 6.32. The van der Waals surface area contributed by atoms with Crippen LogP contribution < -0.4 is 0 Å². The predicted octanol–water partition coefficient (Wildman–Crippen LogP) is 4.53. The van der Waals surface area contributed by atoms with Crippen molar-refractivity contribution < 1.29 is 13.2 Å². The molecule has 2 rings (SSSR count). The van der Waals surface area contributed by atoms with Crippen molar-refractivity contribution in [2.24, 2.45) is 0 Å². The van der Waals surface area contributed by atoms with E-state index in [1.807, 2.05) is 0 Å². The molecule has 0 amide bonds. The van der Waals surface area contributed by atoms with Gasteiger partial charge in [-0.05, 0) is 17.7 Å². The van der Waals surface area contributed by atoms with Crippen molar-refractivity contribution in [3.8, 4) is 0 Å². The van der Waals surface area contributed by atoms with Crippen LogP contribution >= 0.6 is 23.2 Å². The highest BCUT2D eigenvalue weighted by Crippen LogP contribution is 2.33. The minimum Gasteiger partial charge on any atom is -0.235 e. The Hall–Kier alpha value is -1.33. The molecule has 0 fully saturated rings. The summed E-state index contributed by atoms with van der Waals surface area (Å²) in [6, 6.07) is 5.44. The first-order valence-corrected chi connectivity index (χ1v) is 6.00. The molecule has 2 aromatic rings. The molecule has 0 aliphatic carbocycles. The Bertz CT molecular complexity index is 576. The molecule has 0 spiro atoms. The molecule has 7 heteroatoms. The third kappa shape index (κ3) is 3.16. The summed E-state index contributed by atoms with van der Waals surface area (Å²) in [6.45, 7) is 0. The Labute approximate surface area is 117 Å². The van der Waals surface area contributed by atoms with Crippen molar-refractivity contribution in [3.05, 3.63) is 58.4 Å². The van der Waals surface area contributed by atoms with Crippen molar-refractivity contribution in [1.29, 1.82) is 0 Å². The van der Waals surface area contributed by atoms with Gasteiger partial charge < -0.3 is 0 Å². The molecule has 1 aromatic carbocycles. The number of nitrogens with zero attached hydrogens (tertiary/aromatic N) is 2. The number of hydrogen-bond acceptors (Lipinski definition) is 2. The summed E-state index contributed by atoms with van der Waals surface area (Å²) in [5.74, 6) is -1.06. The first kappa shape index (κ1) is 14.1. The summed E-state index contributed by atoms with van der Waals surface area (Å²) in [5, 5.41) is -0.880. The Balaban J connectivity index is 2.33. The third-order valence-electron chi connectivity index (χ3n) is 2.42. The first-order chi connectivity index (χ1) is 8.99. The lowest BCUT2D eigenvalue weighted by atomic mass is 10.1. The number of benzene rings is 1. The summed E-state index contributed by atoms with van der Waals surface area (Å²) in [7, 11) is 0. The lowest BCUT2D eigenvalue weighted by molar-refractivity contribution is 0.140. The van der Waals surface area contributed by atoms with Crippen LogP contribution in [0.4, 0.5) is 13.2 Å². The first-order valence-electron chi connectivity index (χ1n) is 5.19. The third-order valence-corrected chi connectivity index (χ3v) is 3.21. The zero-order valence-electron chi connectivity index (χ0n) is 9.33. The molecular formula is C12H7Cl2F3N2. The molecule has 0 saturated heterocycles. The van der Waals surface area contributed by atoms with E-state index in [2.05, 4.69) is 9.97 Å². The fourth-order valence-corrected chi connectivity index (χ4v) is 2.07. The number of rotatable bonds is 3. The average molecular weight is 307 g/mol. The molecule has 0 aliphatic rings. The number of alkyl halides is 3. The molecule has 0 N–H and O–H groups in total. The highest BCUT2D eigenvalue weighted by Gasteiger charge is 2.19. The molecule has 1 aromatic heterocycles. The van der Waals surface area contributed by atoms with Gasteiger partial charge in [-0.15, -0.1) is 11.6 Å². The van der Waals surface area contributed by atoms with Crippen LogP contribution in [-0.2, 0) is 0 Å². The van der Waals surface area contributed by atoms with E-state index >= 15 is 0 Å². The zero-order chi connectivity index (χ0) is 14.0. The second kappa shape index (κ2) is 5.75. The van der Waals surface area contributed by atoms with Gasteiger partial charge in [-0.25, -0.2) is 23.1 Å². The maximum absolute atomic E-state index is 12.8. The Morgan fingerprint density at radius 1 is 1.11 bits per heavy atom. The van der Waals surface area contributed by atoms with Gasteiger partial charge in [-0.2, -0.15) is 0 Å². The number of aromatic nitrogens is 2. The topological polar surface area (TPSA) is 25.8 Å². The van der Waals surface area contributed by atoms with Crippen LogP contribution in [0.15, 0.2) is 30.5 Å². The van der Waals surface area contributed by atoms with Crippen molar-refractivity contribution in [3.63, 3.8) is 0 Å². The van der Waals surface area contributed by atoms with E-state index in [4.69, 9.17) is 23.2 Å². The van der Waals surface area contributed by atoms with Gasteiger partial charge >= 0.3 is 0 Å². The standard InChI is InChI=1S/C12H7Cl2F3N2/c13-9(6-1-3-7(15)4-2-6)8-5-18-12(11(16)17)19-10(8)14/h1-5,9,11H. The molecule has 0 bridgehead atoms. The van der Waals surface area contributed by atoms with Gasteiger partial charge in [0.15, 0.2) is 5.82 Å². The van der Waals surface area contributed by atoms with Crippen molar-refractivity contribution in [2.45, 2.75) is 11.8 Å². The van der Waals surface area contributed by atoms with E-state index in [0.717, 1.165) is 6.20 Å². The lowest BCUT2D eigenvalue weighted by Crippen LogP contribution is -2.02. The van der Waals surface area contributed by atoms with Gasteiger partial charge in [0.2, 0.25) is 0 Å². The van der Waals surface area contributed by atoms with Crippen LogP contribution in [-0.4, -0.2) is 9.97 Å². The second-order valence-electron chi connectivity index (χ2n) is 3.69. The van der Waals surface area contributed by atoms with Gasteiger partial charge in [0.05, 0.1) is 5.38 Å². The summed E-state index contributed by atoms with van der Waals surface area (Å²) in [6.07, 6.45) is -1.65. The monoisotopic (exact) mass is 306 g/mol. The molecule has 1 heterocycles. The van der Waals surface area contributed by atoms with Crippen LogP contribution in [0.25, 0.3) is 0 Å². The molecule has 0 saturated carbocycles. The number of hydrogen-bond donors (Lipinski definition) is 0. The highest BCUT2D eigenvalue weighted by atomic mass is 35.5. The minimum atomic E-state index is -2.80. The molecule has 0 aliphatic heterocycles. The largest absolute Gasteiger partial charge is 0.297 e. The Kier molecular flexibility index (Phi) is 4.27. The summed E-state index contributed by atoms with van der Waals surface area (Å²) >= 11 is 12.0. The van der Waals surface area contributed by atoms with Crippen molar-refractivity contribution >= 4 is 23.2 Å². The van der Waals surface area contributed by atoms with Crippen LogP contribution in [0.2, 0.25) is 5.15 Å². The van der Waals surface area contributed by atoms with E-state index in [9.17, 15) is 13.2 Å². The quantitative estimate of drug-likeness (QED) is 0.615. The molecule has 1 unspecified atom stereocenters. The molecule has 19 heavy (non-hydrogen) atoms. The van der Waals surface area contributed by atoms with Gasteiger partial charge in [0.1, 0.15) is 11.0 Å². The normalized spacial score (nSPS) is 12.7. The van der Waals surface area contributed by atoms with Crippen molar-refractivity contribution in [1.82, 2.24) is 9.97 Å². The van der Waals surface area contributed by atoms with Crippen LogP contribution in [0, 0.1) is 5.82 Å². The summed E-state index contributed by atoms with van der Waals surface area (Å²) in [4.78, 5) is 6.98. The van der Waals surface area contributed by atoms with Crippen molar-refractivity contribution in [2.75, 3.05) is 0 Å². The van der Waals surface area contributed by atoms with E-state index in [-0.39, 0.29) is 5.15 Å². The Morgan fingerprint density at radius 2 is 1.74 bits per heavy atom. The van der Waals surface area contributed by atoms with Crippen LogP contribution in [0.5, 0.6) is 0 Å².